The third-order valence-electron chi connectivity index (χ3n) is 2.99. The van der Waals surface area contributed by atoms with E-state index in [2.05, 4.69) is 0 Å². The van der Waals surface area contributed by atoms with Crippen molar-refractivity contribution in [1.82, 2.24) is 0 Å². The molecule has 20 heavy (non-hydrogen) atoms. The van der Waals surface area contributed by atoms with Crippen LogP contribution in [0.15, 0.2) is 36.4 Å². The molecule has 2 aromatic rings. The summed E-state index contributed by atoms with van der Waals surface area (Å²) >= 11 is 0. The van der Waals surface area contributed by atoms with Gasteiger partial charge in [0.25, 0.3) is 0 Å². The highest BCUT2D eigenvalue weighted by Gasteiger charge is 2.19. The van der Waals surface area contributed by atoms with Gasteiger partial charge in [-0.25, -0.2) is 13.2 Å². The van der Waals surface area contributed by atoms with E-state index in [-0.39, 0.29) is 12.0 Å². The van der Waals surface area contributed by atoms with E-state index in [0.717, 1.165) is 12.1 Å². The molecule has 0 spiro atoms. The summed E-state index contributed by atoms with van der Waals surface area (Å²) in [5, 5.41) is 9.96. The Bertz CT molecular complexity index is 614. The van der Waals surface area contributed by atoms with Crippen LogP contribution in [0.3, 0.4) is 0 Å². The second kappa shape index (κ2) is 5.96. The Kier molecular flexibility index (Phi) is 4.29. The molecule has 2 rings (SSSR count). The van der Waals surface area contributed by atoms with Crippen LogP contribution in [0, 0.1) is 17.5 Å². The topological polar surface area (TPSA) is 29.5 Å². The van der Waals surface area contributed by atoms with Crippen LogP contribution in [0.1, 0.15) is 17.2 Å². The van der Waals surface area contributed by atoms with Gasteiger partial charge >= 0.3 is 0 Å². The van der Waals surface area contributed by atoms with Crippen LogP contribution in [0.2, 0.25) is 0 Å². The summed E-state index contributed by atoms with van der Waals surface area (Å²) in [6.07, 6.45) is -1.20. The number of hydrogen-bond donors (Lipinski definition) is 1. The third kappa shape index (κ3) is 2.93. The van der Waals surface area contributed by atoms with Gasteiger partial charge in [0.1, 0.15) is 5.75 Å². The summed E-state index contributed by atoms with van der Waals surface area (Å²) in [7, 11) is 1.50. The molecule has 0 aliphatic carbocycles. The first-order valence-corrected chi connectivity index (χ1v) is 5.97. The van der Waals surface area contributed by atoms with Gasteiger partial charge in [-0.15, -0.1) is 0 Å². The first-order chi connectivity index (χ1) is 9.52. The van der Waals surface area contributed by atoms with Crippen molar-refractivity contribution >= 4 is 0 Å². The molecule has 1 N–H and O–H groups in total. The van der Waals surface area contributed by atoms with Gasteiger partial charge in [0.05, 0.1) is 13.2 Å². The standard InChI is InChI=1S/C15H13F3O2/c1-20-10-4-2-3-9(7-10)8-13(19)11-5-6-12(16)15(18)14(11)17/h2-7,13,19H,8H2,1H3. The lowest BCUT2D eigenvalue weighted by Gasteiger charge is -2.13. The molecule has 106 valence electrons. The molecule has 0 aliphatic heterocycles. The first kappa shape index (κ1) is 14.4. The van der Waals surface area contributed by atoms with E-state index in [4.69, 9.17) is 4.74 Å². The molecule has 0 fully saturated rings. The summed E-state index contributed by atoms with van der Waals surface area (Å²) in [4.78, 5) is 0. The van der Waals surface area contributed by atoms with E-state index >= 15 is 0 Å². The number of hydrogen-bond acceptors (Lipinski definition) is 2. The predicted molar refractivity (Wildman–Crippen MR) is 68.0 cm³/mol. The summed E-state index contributed by atoms with van der Waals surface area (Å²) < 4.78 is 44.6. The van der Waals surface area contributed by atoms with Crippen molar-refractivity contribution in [2.75, 3.05) is 7.11 Å². The Morgan fingerprint density at radius 3 is 2.55 bits per heavy atom. The van der Waals surface area contributed by atoms with Gasteiger partial charge < -0.3 is 9.84 Å². The normalized spacial score (nSPS) is 12.2. The lowest BCUT2D eigenvalue weighted by atomic mass is 10.0. The average Bonchev–Trinajstić information content (AvgIpc) is 2.45. The molecule has 0 heterocycles. The monoisotopic (exact) mass is 282 g/mol. The fourth-order valence-electron chi connectivity index (χ4n) is 1.93. The third-order valence-corrected chi connectivity index (χ3v) is 2.99. The zero-order chi connectivity index (χ0) is 14.7. The van der Waals surface area contributed by atoms with Crippen LogP contribution in [0.4, 0.5) is 13.2 Å². The van der Waals surface area contributed by atoms with E-state index < -0.39 is 23.6 Å². The van der Waals surface area contributed by atoms with E-state index in [1.165, 1.54) is 7.11 Å². The summed E-state index contributed by atoms with van der Waals surface area (Å²) in [6.45, 7) is 0. The van der Waals surface area contributed by atoms with Gasteiger partial charge in [-0.2, -0.15) is 0 Å². The second-order valence-corrected chi connectivity index (χ2v) is 4.34. The van der Waals surface area contributed by atoms with E-state index in [1.807, 2.05) is 0 Å². The molecule has 0 bridgehead atoms. The average molecular weight is 282 g/mol. The Hall–Kier alpha value is -2.01. The molecule has 0 saturated carbocycles. The van der Waals surface area contributed by atoms with Crippen molar-refractivity contribution in [3.05, 3.63) is 65.0 Å². The zero-order valence-electron chi connectivity index (χ0n) is 10.7. The fraction of sp³-hybridized carbons (Fsp3) is 0.200. The van der Waals surface area contributed by atoms with Gasteiger partial charge in [-0.3, -0.25) is 0 Å². The highest BCUT2D eigenvalue weighted by molar-refractivity contribution is 5.30. The van der Waals surface area contributed by atoms with Crippen molar-refractivity contribution in [1.29, 1.82) is 0 Å². The SMILES string of the molecule is COc1cccc(CC(O)c2ccc(F)c(F)c2F)c1. The molecule has 0 aliphatic rings. The molecule has 2 nitrogen and oxygen atoms in total. The lowest BCUT2D eigenvalue weighted by Crippen LogP contribution is -2.07. The first-order valence-electron chi connectivity index (χ1n) is 5.97. The molecule has 1 unspecified atom stereocenters. The maximum absolute atomic E-state index is 13.6. The summed E-state index contributed by atoms with van der Waals surface area (Å²) in [5.41, 5.74) is 0.424. The number of benzene rings is 2. The molecular weight excluding hydrogens is 269 g/mol. The summed E-state index contributed by atoms with van der Waals surface area (Å²) in [5.74, 6) is -3.62. The van der Waals surface area contributed by atoms with Gasteiger partial charge in [0.2, 0.25) is 0 Å². The van der Waals surface area contributed by atoms with Crippen molar-refractivity contribution in [3.63, 3.8) is 0 Å². The van der Waals surface area contributed by atoms with Crippen molar-refractivity contribution in [3.8, 4) is 5.75 Å². The number of aliphatic hydroxyl groups is 1. The number of methoxy groups -OCH3 is 1. The maximum atomic E-state index is 13.6. The molecular formula is C15H13F3O2. The van der Waals surface area contributed by atoms with Crippen LogP contribution in [0.5, 0.6) is 5.75 Å². The van der Waals surface area contributed by atoms with Crippen molar-refractivity contribution in [2.24, 2.45) is 0 Å². The smallest absolute Gasteiger partial charge is 0.194 e. The molecule has 5 heteroatoms. The quantitative estimate of drug-likeness (QED) is 0.871. The summed E-state index contributed by atoms with van der Waals surface area (Å²) in [6, 6.07) is 8.70. The molecule has 1 atom stereocenters. The minimum Gasteiger partial charge on any atom is -0.497 e. The van der Waals surface area contributed by atoms with Crippen molar-refractivity contribution < 1.29 is 23.0 Å². The van der Waals surface area contributed by atoms with Crippen LogP contribution >= 0.6 is 0 Å². The Morgan fingerprint density at radius 1 is 1.10 bits per heavy atom. The largest absolute Gasteiger partial charge is 0.497 e. The molecule has 2 aromatic carbocycles. The van der Waals surface area contributed by atoms with Crippen LogP contribution in [-0.2, 0) is 6.42 Å². The van der Waals surface area contributed by atoms with Gasteiger partial charge in [0.15, 0.2) is 17.5 Å². The Morgan fingerprint density at radius 2 is 1.85 bits per heavy atom. The molecule has 0 radical (unpaired) electrons. The van der Waals surface area contributed by atoms with Crippen LogP contribution in [-0.4, -0.2) is 12.2 Å². The van der Waals surface area contributed by atoms with Gasteiger partial charge in [-0.1, -0.05) is 18.2 Å². The van der Waals surface area contributed by atoms with E-state index in [9.17, 15) is 18.3 Å². The van der Waals surface area contributed by atoms with Gasteiger partial charge in [-0.05, 0) is 23.8 Å². The Labute approximate surface area is 114 Å². The zero-order valence-corrected chi connectivity index (χ0v) is 10.7. The van der Waals surface area contributed by atoms with Crippen molar-refractivity contribution in [2.45, 2.75) is 12.5 Å². The van der Waals surface area contributed by atoms with Gasteiger partial charge in [0, 0.05) is 12.0 Å². The number of aliphatic hydroxyl groups excluding tert-OH is 1. The highest BCUT2D eigenvalue weighted by atomic mass is 19.2. The minimum atomic E-state index is -1.58. The number of ether oxygens (including phenoxy) is 1. The van der Waals surface area contributed by atoms with E-state index in [1.54, 1.807) is 24.3 Å². The fourth-order valence-corrected chi connectivity index (χ4v) is 1.93. The molecule has 0 saturated heterocycles. The Balaban J connectivity index is 2.23. The molecule has 0 aromatic heterocycles. The van der Waals surface area contributed by atoms with Crippen LogP contribution < -0.4 is 4.74 Å². The highest BCUT2D eigenvalue weighted by Crippen LogP contribution is 2.25. The number of rotatable bonds is 4. The minimum absolute atomic E-state index is 0.0686. The van der Waals surface area contributed by atoms with Crippen LogP contribution in [0.25, 0.3) is 0 Å². The predicted octanol–water partition coefficient (Wildman–Crippen LogP) is 3.39. The number of halogens is 3. The maximum Gasteiger partial charge on any atom is 0.194 e. The van der Waals surface area contributed by atoms with E-state index in [0.29, 0.717) is 11.3 Å². The molecule has 0 amide bonds. The second-order valence-electron chi connectivity index (χ2n) is 4.34. The lowest BCUT2D eigenvalue weighted by molar-refractivity contribution is 0.171.